The monoisotopic (exact) mass is 341 g/mol. The zero-order valence-corrected chi connectivity index (χ0v) is 14.9. The molecule has 0 aliphatic heterocycles. The predicted octanol–water partition coefficient (Wildman–Crippen LogP) is 3.35. The highest BCUT2D eigenvalue weighted by Crippen LogP contribution is 2.22. The Bertz CT molecular complexity index is 798. The lowest BCUT2D eigenvalue weighted by Gasteiger charge is -2.16. The average molecular weight is 341 g/mol. The molecule has 2 N–H and O–H groups in total. The van der Waals surface area contributed by atoms with Crippen LogP contribution in [0.4, 0.5) is 0 Å². The summed E-state index contributed by atoms with van der Waals surface area (Å²) in [5.74, 6) is -1.25. The number of esters is 1. The SMILES string of the molecule is Cc1ccc(C(C)NC(=O)COC(=O)c2cccc(C)c2O)cc1C. The van der Waals surface area contributed by atoms with Crippen LogP contribution in [-0.2, 0) is 9.53 Å². The van der Waals surface area contributed by atoms with Gasteiger partial charge in [-0.05, 0) is 56.0 Å². The number of hydrogen-bond donors (Lipinski definition) is 2. The quantitative estimate of drug-likeness (QED) is 0.818. The number of ether oxygens (including phenoxy) is 1. The number of hydrogen-bond acceptors (Lipinski definition) is 4. The molecule has 0 saturated carbocycles. The van der Waals surface area contributed by atoms with Gasteiger partial charge in [0.25, 0.3) is 5.91 Å². The highest BCUT2D eigenvalue weighted by Gasteiger charge is 2.16. The zero-order chi connectivity index (χ0) is 18.6. The summed E-state index contributed by atoms with van der Waals surface area (Å²) in [5.41, 5.74) is 3.95. The van der Waals surface area contributed by atoms with Gasteiger partial charge in [-0.2, -0.15) is 0 Å². The molecule has 25 heavy (non-hydrogen) atoms. The van der Waals surface area contributed by atoms with E-state index in [9.17, 15) is 14.7 Å². The number of benzene rings is 2. The molecule has 132 valence electrons. The lowest BCUT2D eigenvalue weighted by atomic mass is 10.0. The standard InChI is InChI=1S/C20H23NO4/c1-12-8-9-16(10-14(12)3)15(4)21-18(22)11-25-20(24)17-7-5-6-13(2)19(17)23/h5-10,15,23H,11H2,1-4H3,(H,21,22). The maximum absolute atomic E-state index is 12.0. The van der Waals surface area contributed by atoms with Crippen molar-refractivity contribution in [3.05, 3.63) is 64.2 Å². The number of aromatic hydroxyl groups is 1. The van der Waals surface area contributed by atoms with E-state index >= 15 is 0 Å². The van der Waals surface area contributed by atoms with Gasteiger partial charge in [-0.25, -0.2) is 4.79 Å². The number of phenols is 1. The summed E-state index contributed by atoms with van der Waals surface area (Å²) in [5, 5.41) is 12.7. The molecule has 5 heteroatoms. The molecule has 0 heterocycles. The minimum absolute atomic E-state index is 0.0509. The Balaban J connectivity index is 1.92. The van der Waals surface area contributed by atoms with Gasteiger partial charge in [0.2, 0.25) is 0 Å². The van der Waals surface area contributed by atoms with Crippen LogP contribution >= 0.6 is 0 Å². The van der Waals surface area contributed by atoms with Crippen LogP contribution in [0.2, 0.25) is 0 Å². The van der Waals surface area contributed by atoms with Crippen LogP contribution < -0.4 is 5.32 Å². The van der Waals surface area contributed by atoms with Gasteiger partial charge in [0.1, 0.15) is 11.3 Å². The fourth-order valence-corrected chi connectivity index (χ4v) is 2.43. The molecule has 0 fully saturated rings. The third kappa shape index (κ3) is 4.59. The van der Waals surface area contributed by atoms with E-state index in [1.165, 1.54) is 11.6 Å². The molecule has 0 radical (unpaired) electrons. The highest BCUT2D eigenvalue weighted by molar-refractivity contribution is 5.94. The summed E-state index contributed by atoms with van der Waals surface area (Å²) in [6.45, 7) is 7.20. The Kier molecular flexibility index (Phi) is 5.80. The van der Waals surface area contributed by atoms with Crippen LogP contribution in [0.15, 0.2) is 36.4 Å². The molecular weight excluding hydrogens is 318 g/mol. The second-order valence-corrected chi connectivity index (χ2v) is 6.18. The van der Waals surface area contributed by atoms with Crippen LogP contribution in [0.25, 0.3) is 0 Å². The largest absolute Gasteiger partial charge is 0.507 e. The van der Waals surface area contributed by atoms with Crippen molar-refractivity contribution in [2.24, 2.45) is 0 Å². The molecule has 0 aliphatic rings. The lowest BCUT2D eigenvalue weighted by molar-refractivity contribution is -0.124. The minimum atomic E-state index is -0.727. The summed E-state index contributed by atoms with van der Waals surface area (Å²) < 4.78 is 4.99. The number of amides is 1. The number of rotatable bonds is 5. The molecule has 0 bridgehead atoms. The fraction of sp³-hybridized carbons (Fsp3) is 0.300. The number of carbonyl (C=O) groups is 2. The molecule has 2 aromatic rings. The van der Waals surface area contributed by atoms with E-state index in [1.54, 1.807) is 19.1 Å². The van der Waals surface area contributed by atoms with Crippen molar-refractivity contribution in [3.63, 3.8) is 0 Å². The first-order valence-corrected chi connectivity index (χ1v) is 8.11. The van der Waals surface area contributed by atoms with E-state index in [4.69, 9.17) is 4.74 Å². The van der Waals surface area contributed by atoms with Crippen molar-refractivity contribution >= 4 is 11.9 Å². The Morgan fingerprint density at radius 2 is 1.80 bits per heavy atom. The number of phenolic OH excluding ortho intramolecular Hbond substituents is 1. The van der Waals surface area contributed by atoms with E-state index in [2.05, 4.69) is 5.32 Å². The summed E-state index contributed by atoms with van der Waals surface area (Å²) in [7, 11) is 0. The number of para-hydroxylation sites is 1. The molecule has 0 saturated heterocycles. The van der Waals surface area contributed by atoms with Crippen molar-refractivity contribution in [1.82, 2.24) is 5.32 Å². The van der Waals surface area contributed by atoms with Crippen molar-refractivity contribution in [2.45, 2.75) is 33.7 Å². The van der Waals surface area contributed by atoms with Gasteiger partial charge >= 0.3 is 5.97 Å². The van der Waals surface area contributed by atoms with E-state index in [0.29, 0.717) is 5.56 Å². The van der Waals surface area contributed by atoms with E-state index in [0.717, 1.165) is 11.1 Å². The molecule has 2 aromatic carbocycles. The maximum Gasteiger partial charge on any atom is 0.342 e. The second kappa shape index (κ2) is 7.83. The average Bonchev–Trinajstić information content (AvgIpc) is 2.57. The second-order valence-electron chi connectivity index (χ2n) is 6.18. The summed E-state index contributed by atoms with van der Waals surface area (Å²) >= 11 is 0. The van der Waals surface area contributed by atoms with Gasteiger partial charge in [0.05, 0.1) is 6.04 Å². The summed E-state index contributed by atoms with van der Waals surface area (Å²) in [6.07, 6.45) is 0. The summed E-state index contributed by atoms with van der Waals surface area (Å²) in [4.78, 5) is 24.0. The molecule has 1 amide bonds. The lowest BCUT2D eigenvalue weighted by Crippen LogP contribution is -2.31. The Hall–Kier alpha value is -2.82. The van der Waals surface area contributed by atoms with Gasteiger partial charge in [0.15, 0.2) is 6.61 Å². The number of aryl methyl sites for hydroxylation is 3. The first-order chi connectivity index (χ1) is 11.8. The van der Waals surface area contributed by atoms with Crippen LogP contribution in [0.1, 0.15) is 45.6 Å². The van der Waals surface area contributed by atoms with E-state index < -0.39 is 18.5 Å². The van der Waals surface area contributed by atoms with Gasteiger partial charge in [-0.15, -0.1) is 0 Å². The molecule has 0 aromatic heterocycles. The van der Waals surface area contributed by atoms with Crippen molar-refractivity contribution in [1.29, 1.82) is 0 Å². The molecule has 0 spiro atoms. The summed E-state index contributed by atoms with van der Waals surface area (Å²) in [6, 6.07) is 10.6. The van der Waals surface area contributed by atoms with Crippen molar-refractivity contribution < 1.29 is 19.4 Å². The van der Waals surface area contributed by atoms with Gasteiger partial charge in [-0.3, -0.25) is 4.79 Å². The van der Waals surface area contributed by atoms with Gasteiger partial charge in [0, 0.05) is 0 Å². The topological polar surface area (TPSA) is 75.6 Å². The van der Waals surface area contributed by atoms with Gasteiger partial charge in [-0.1, -0.05) is 30.3 Å². The van der Waals surface area contributed by atoms with Crippen molar-refractivity contribution in [2.75, 3.05) is 6.61 Å². The third-order valence-electron chi connectivity index (χ3n) is 4.20. The van der Waals surface area contributed by atoms with Crippen LogP contribution in [-0.4, -0.2) is 23.6 Å². The first kappa shape index (κ1) is 18.5. The Morgan fingerprint density at radius 3 is 2.48 bits per heavy atom. The fourth-order valence-electron chi connectivity index (χ4n) is 2.43. The van der Waals surface area contributed by atoms with Crippen LogP contribution in [0.3, 0.4) is 0 Å². The van der Waals surface area contributed by atoms with Crippen molar-refractivity contribution in [3.8, 4) is 5.75 Å². The zero-order valence-electron chi connectivity index (χ0n) is 14.9. The molecule has 1 unspecified atom stereocenters. The molecular formula is C20H23NO4. The minimum Gasteiger partial charge on any atom is -0.507 e. The molecule has 5 nitrogen and oxygen atoms in total. The van der Waals surface area contributed by atoms with Crippen LogP contribution in [0.5, 0.6) is 5.75 Å². The maximum atomic E-state index is 12.0. The van der Waals surface area contributed by atoms with E-state index in [1.807, 2.05) is 39.0 Å². The molecule has 0 aliphatic carbocycles. The van der Waals surface area contributed by atoms with E-state index in [-0.39, 0.29) is 17.4 Å². The smallest absolute Gasteiger partial charge is 0.342 e. The molecule has 2 rings (SSSR count). The number of nitrogens with one attached hydrogen (secondary N) is 1. The Labute approximate surface area is 147 Å². The molecule has 1 atom stereocenters. The number of carbonyl (C=O) groups excluding carboxylic acids is 2. The normalized spacial score (nSPS) is 11.7. The van der Waals surface area contributed by atoms with Crippen LogP contribution in [0, 0.1) is 20.8 Å². The first-order valence-electron chi connectivity index (χ1n) is 8.11. The third-order valence-corrected chi connectivity index (χ3v) is 4.20. The Morgan fingerprint density at radius 1 is 1.08 bits per heavy atom. The highest BCUT2D eigenvalue weighted by atomic mass is 16.5. The predicted molar refractivity (Wildman–Crippen MR) is 95.6 cm³/mol. The van der Waals surface area contributed by atoms with Gasteiger partial charge < -0.3 is 15.2 Å².